The number of esters is 2. The molecule has 0 radical (unpaired) electrons. The molecule has 0 saturated heterocycles. The smallest absolute Gasteiger partial charge is 0.345 e. The van der Waals surface area contributed by atoms with Crippen LogP contribution in [0.5, 0.6) is 0 Å². The molecular formula is C18H14Cl2N4O5. The molecule has 0 aliphatic carbocycles. The zero-order valence-corrected chi connectivity index (χ0v) is 16.7. The molecule has 0 bridgehead atoms. The minimum Gasteiger partial charge on any atom is -0.465 e. The summed E-state index contributed by atoms with van der Waals surface area (Å²) in [7, 11) is 1.20. The third-order valence-electron chi connectivity index (χ3n) is 3.72. The second-order valence-corrected chi connectivity index (χ2v) is 6.27. The van der Waals surface area contributed by atoms with Crippen molar-refractivity contribution >= 4 is 46.8 Å². The lowest BCUT2D eigenvalue weighted by Crippen LogP contribution is -2.11. The number of anilines is 2. The van der Waals surface area contributed by atoms with Crippen LogP contribution in [-0.2, 0) is 9.47 Å². The van der Waals surface area contributed by atoms with Crippen molar-refractivity contribution in [2.24, 2.45) is 0 Å². The summed E-state index contributed by atoms with van der Waals surface area (Å²) >= 11 is 12.5. The van der Waals surface area contributed by atoms with Crippen LogP contribution >= 0.6 is 23.2 Å². The van der Waals surface area contributed by atoms with Gasteiger partial charge in [0.05, 0.1) is 23.8 Å². The number of carbonyl (C=O) groups excluding carboxylic acids is 2. The van der Waals surface area contributed by atoms with Gasteiger partial charge in [0.1, 0.15) is 17.6 Å². The van der Waals surface area contributed by atoms with Crippen molar-refractivity contribution in [3.8, 4) is 11.3 Å². The van der Waals surface area contributed by atoms with E-state index in [1.54, 1.807) is 25.1 Å². The molecule has 0 amide bonds. The van der Waals surface area contributed by atoms with Crippen LogP contribution in [-0.4, -0.2) is 40.8 Å². The number of nitrogens with zero attached hydrogens (tertiary/aromatic N) is 3. The van der Waals surface area contributed by atoms with Crippen LogP contribution in [0.3, 0.4) is 0 Å². The summed E-state index contributed by atoms with van der Waals surface area (Å²) in [5, 5.41) is 7.20. The van der Waals surface area contributed by atoms with Gasteiger partial charge in [-0.1, -0.05) is 34.4 Å². The maximum absolute atomic E-state index is 12.5. The van der Waals surface area contributed by atoms with Crippen molar-refractivity contribution in [3.05, 3.63) is 51.9 Å². The van der Waals surface area contributed by atoms with Crippen molar-refractivity contribution in [2.75, 3.05) is 19.0 Å². The molecule has 2 heterocycles. The standard InChI is InChI=1S/C18H14Cl2N4O5/c1-3-28-17(25)9-7-21-8-22-15(9)23-16-13(18(26)27-2)14(24-29-16)12-10(19)5-4-6-11(12)20/h4-8H,3H2,1-2H3,(H,21,22,23). The minimum atomic E-state index is -0.758. The maximum atomic E-state index is 12.5. The Bertz CT molecular complexity index is 1050. The molecule has 29 heavy (non-hydrogen) atoms. The van der Waals surface area contributed by atoms with Gasteiger partial charge in [-0.3, -0.25) is 0 Å². The SMILES string of the molecule is CCOC(=O)c1cncnc1Nc1onc(-c2c(Cl)cccc2Cl)c1C(=O)OC. The van der Waals surface area contributed by atoms with E-state index in [9.17, 15) is 9.59 Å². The topological polar surface area (TPSA) is 116 Å². The Labute approximate surface area is 174 Å². The molecule has 3 rings (SSSR count). The summed E-state index contributed by atoms with van der Waals surface area (Å²) in [6, 6.07) is 4.83. The molecule has 1 N–H and O–H groups in total. The number of aromatic nitrogens is 3. The highest BCUT2D eigenvalue weighted by Crippen LogP contribution is 2.39. The van der Waals surface area contributed by atoms with E-state index in [1.165, 1.54) is 19.6 Å². The third-order valence-corrected chi connectivity index (χ3v) is 4.35. The van der Waals surface area contributed by atoms with Gasteiger partial charge in [0.25, 0.3) is 0 Å². The third kappa shape index (κ3) is 4.15. The molecule has 2 aromatic heterocycles. The van der Waals surface area contributed by atoms with Crippen LogP contribution in [0.2, 0.25) is 10.0 Å². The van der Waals surface area contributed by atoms with Crippen LogP contribution in [0.4, 0.5) is 11.7 Å². The van der Waals surface area contributed by atoms with Gasteiger partial charge < -0.3 is 19.3 Å². The number of hydrogen-bond donors (Lipinski definition) is 1. The lowest BCUT2D eigenvalue weighted by atomic mass is 10.1. The van der Waals surface area contributed by atoms with E-state index < -0.39 is 11.9 Å². The highest BCUT2D eigenvalue weighted by Gasteiger charge is 2.29. The van der Waals surface area contributed by atoms with Crippen LogP contribution in [0.1, 0.15) is 27.6 Å². The highest BCUT2D eigenvalue weighted by atomic mass is 35.5. The summed E-state index contributed by atoms with van der Waals surface area (Å²) in [6.07, 6.45) is 2.48. The molecule has 0 aliphatic heterocycles. The van der Waals surface area contributed by atoms with Gasteiger partial charge in [-0.2, -0.15) is 0 Å². The van der Waals surface area contributed by atoms with E-state index >= 15 is 0 Å². The predicted octanol–water partition coefficient (Wildman–Crippen LogP) is 4.15. The van der Waals surface area contributed by atoms with E-state index in [0.717, 1.165) is 0 Å². The number of benzene rings is 1. The van der Waals surface area contributed by atoms with Crippen molar-refractivity contribution in [2.45, 2.75) is 6.92 Å². The molecule has 0 atom stereocenters. The van der Waals surface area contributed by atoms with Crippen molar-refractivity contribution in [3.63, 3.8) is 0 Å². The van der Waals surface area contributed by atoms with Gasteiger partial charge in [0.15, 0.2) is 11.4 Å². The quantitative estimate of drug-likeness (QED) is 0.568. The lowest BCUT2D eigenvalue weighted by molar-refractivity contribution is 0.0525. The summed E-state index contributed by atoms with van der Waals surface area (Å²) in [5.41, 5.74) is 0.331. The first-order chi connectivity index (χ1) is 14.0. The number of ether oxygens (including phenoxy) is 2. The van der Waals surface area contributed by atoms with Crippen LogP contribution in [0, 0.1) is 0 Å². The Hall–Kier alpha value is -3.17. The Morgan fingerprint density at radius 1 is 1.21 bits per heavy atom. The molecule has 0 saturated carbocycles. The van der Waals surface area contributed by atoms with Gasteiger partial charge in [-0.25, -0.2) is 19.6 Å². The first-order valence-electron chi connectivity index (χ1n) is 8.24. The molecular weight excluding hydrogens is 423 g/mol. The molecule has 1 aromatic carbocycles. The molecule has 150 valence electrons. The van der Waals surface area contributed by atoms with Crippen molar-refractivity contribution in [1.29, 1.82) is 0 Å². The normalized spacial score (nSPS) is 10.5. The van der Waals surface area contributed by atoms with E-state index in [1.807, 2.05) is 0 Å². The first-order valence-corrected chi connectivity index (χ1v) is 9.00. The Morgan fingerprint density at radius 3 is 2.59 bits per heavy atom. The molecule has 0 unspecified atom stereocenters. The minimum absolute atomic E-state index is 0.0406. The van der Waals surface area contributed by atoms with Gasteiger partial charge in [0.2, 0.25) is 5.88 Å². The number of hydrogen-bond acceptors (Lipinski definition) is 9. The summed E-state index contributed by atoms with van der Waals surface area (Å²) in [6.45, 7) is 1.83. The average Bonchev–Trinajstić information content (AvgIpc) is 3.11. The zero-order chi connectivity index (χ0) is 21.0. The Balaban J connectivity index is 2.10. The number of nitrogens with one attached hydrogen (secondary N) is 1. The van der Waals surface area contributed by atoms with E-state index in [0.29, 0.717) is 5.56 Å². The molecule has 0 spiro atoms. The van der Waals surface area contributed by atoms with Gasteiger partial charge in [0, 0.05) is 11.8 Å². The fourth-order valence-corrected chi connectivity index (χ4v) is 3.03. The predicted molar refractivity (Wildman–Crippen MR) is 105 cm³/mol. The largest absolute Gasteiger partial charge is 0.465 e. The Morgan fingerprint density at radius 2 is 1.93 bits per heavy atom. The monoisotopic (exact) mass is 436 g/mol. The molecule has 9 nitrogen and oxygen atoms in total. The van der Waals surface area contributed by atoms with Crippen LogP contribution in [0.15, 0.2) is 35.2 Å². The number of halogens is 2. The molecule has 0 aliphatic rings. The highest BCUT2D eigenvalue weighted by molar-refractivity contribution is 6.39. The number of carbonyl (C=O) groups is 2. The number of methoxy groups -OCH3 is 1. The van der Waals surface area contributed by atoms with Gasteiger partial charge in [-0.05, 0) is 19.1 Å². The summed E-state index contributed by atoms with van der Waals surface area (Å²) in [5.74, 6) is -1.47. The van der Waals surface area contributed by atoms with Crippen LogP contribution < -0.4 is 5.32 Å². The fourth-order valence-electron chi connectivity index (χ4n) is 2.46. The molecule has 0 fully saturated rings. The van der Waals surface area contributed by atoms with Crippen molar-refractivity contribution in [1.82, 2.24) is 15.1 Å². The average molecular weight is 437 g/mol. The van der Waals surface area contributed by atoms with Gasteiger partial charge in [-0.15, -0.1) is 0 Å². The summed E-state index contributed by atoms with van der Waals surface area (Å²) in [4.78, 5) is 32.4. The van der Waals surface area contributed by atoms with E-state index in [-0.39, 0.29) is 45.2 Å². The molecule has 11 heteroatoms. The van der Waals surface area contributed by atoms with E-state index in [2.05, 4.69) is 20.4 Å². The van der Waals surface area contributed by atoms with Crippen molar-refractivity contribution < 1.29 is 23.6 Å². The first kappa shape index (κ1) is 20.6. The van der Waals surface area contributed by atoms with E-state index in [4.69, 9.17) is 37.2 Å². The Kier molecular flexibility index (Phi) is 6.30. The molecule has 3 aromatic rings. The van der Waals surface area contributed by atoms with Gasteiger partial charge >= 0.3 is 11.9 Å². The second-order valence-electron chi connectivity index (χ2n) is 5.45. The van der Waals surface area contributed by atoms with Crippen LogP contribution in [0.25, 0.3) is 11.3 Å². The second kappa shape index (κ2) is 8.89. The fraction of sp³-hybridized carbons (Fsp3) is 0.167. The zero-order valence-electron chi connectivity index (χ0n) is 15.2. The lowest BCUT2D eigenvalue weighted by Gasteiger charge is -2.09. The maximum Gasteiger partial charge on any atom is 0.345 e. The number of rotatable bonds is 6. The summed E-state index contributed by atoms with van der Waals surface area (Å²) < 4.78 is 15.1.